The van der Waals surface area contributed by atoms with Crippen LogP contribution in [0.5, 0.6) is 0 Å². The summed E-state index contributed by atoms with van der Waals surface area (Å²) in [5.74, 6) is 3.25. The standard InChI is InChI=1S/C26H32ClF/c1-2-3-4-18-5-6-23-16-22(12-11-21(23)15-18)19-7-9-20(10-8-19)24-13-14-25(27)26(28)17-24/h7-10,13-14,17-18,21-23H,2-6,11-12,15-16H2,1H3/t18?,21-,22-,23-/m1/s1. The van der Waals surface area contributed by atoms with E-state index in [0.717, 1.165) is 28.9 Å². The van der Waals surface area contributed by atoms with Crippen molar-refractivity contribution in [1.82, 2.24) is 0 Å². The fourth-order valence-corrected chi connectivity index (χ4v) is 5.79. The van der Waals surface area contributed by atoms with Crippen LogP contribution in [0.4, 0.5) is 4.39 Å². The zero-order valence-electron chi connectivity index (χ0n) is 17.0. The summed E-state index contributed by atoms with van der Waals surface area (Å²) in [6.07, 6.45) is 12.7. The molecule has 0 radical (unpaired) electrons. The lowest BCUT2D eigenvalue weighted by Gasteiger charge is -2.42. The lowest BCUT2D eigenvalue weighted by Crippen LogP contribution is -2.30. The molecular formula is C26H32ClF. The third-order valence-corrected chi connectivity index (χ3v) is 7.63. The van der Waals surface area contributed by atoms with E-state index >= 15 is 0 Å². The molecule has 0 bridgehead atoms. The van der Waals surface area contributed by atoms with Gasteiger partial charge in [0.05, 0.1) is 5.02 Å². The molecule has 1 unspecified atom stereocenters. The molecule has 2 aromatic rings. The number of fused-ring (bicyclic) bond motifs is 1. The average molecular weight is 399 g/mol. The number of unbranched alkanes of at least 4 members (excludes halogenated alkanes) is 1. The Morgan fingerprint density at radius 3 is 2.36 bits per heavy atom. The molecule has 0 aliphatic heterocycles. The molecular weight excluding hydrogens is 367 g/mol. The zero-order valence-corrected chi connectivity index (χ0v) is 17.7. The second-order valence-electron chi connectivity index (χ2n) is 9.10. The zero-order chi connectivity index (χ0) is 19.5. The van der Waals surface area contributed by atoms with Crippen LogP contribution in [-0.4, -0.2) is 0 Å². The molecule has 0 nitrogen and oxygen atoms in total. The molecule has 28 heavy (non-hydrogen) atoms. The molecule has 2 aromatic carbocycles. The lowest BCUT2D eigenvalue weighted by molar-refractivity contribution is 0.113. The largest absolute Gasteiger partial charge is 0.205 e. The van der Waals surface area contributed by atoms with Crippen LogP contribution in [0.1, 0.15) is 76.2 Å². The summed E-state index contributed by atoms with van der Waals surface area (Å²) in [7, 11) is 0. The Balaban J connectivity index is 1.39. The fourth-order valence-electron chi connectivity index (χ4n) is 5.67. The molecule has 4 atom stereocenters. The van der Waals surface area contributed by atoms with Crippen LogP contribution < -0.4 is 0 Å². The van der Waals surface area contributed by atoms with Crippen molar-refractivity contribution >= 4 is 11.6 Å². The highest BCUT2D eigenvalue weighted by atomic mass is 35.5. The smallest absolute Gasteiger partial charge is 0.142 e. The molecule has 0 N–H and O–H groups in total. The summed E-state index contributed by atoms with van der Waals surface area (Å²) in [5.41, 5.74) is 3.41. The summed E-state index contributed by atoms with van der Waals surface area (Å²) in [6.45, 7) is 2.31. The van der Waals surface area contributed by atoms with Gasteiger partial charge in [-0.25, -0.2) is 4.39 Å². The molecule has 2 heteroatoms. The maximum absolute atomic E-state index is 13.8. The molecule has 0 saturated heterocycles. The number of hydrogen-bond donors (Lipinski definition) is 0. The van der Waals surface area contributed by atoms with Crippen LogP contribution in [0.2, 0.25) is 5.02 Å². The minimum atomic E-state index is -0.351. The molecule has 2 aliphatic carbocycles. The first kappa shape index (κ1) is 20.0. The van der Waals surface area contributed by atoms with Gasteiger partial charge < -0.3 is 0 Å². The van der Waals surface area contributed by atoms with Gasteiger partial charge >= 0.3 is 0 Å². The van der Waals surface area contributed by atoms with Crippen molar-refractivity contribution < 1.29 is 4.39 Å². The lowest BCUT2D eigenvalue weighted by atomic mass is 9.63. The molecule has 0 aromatic heterocycles. The Morgan fingerprint density at radius 2 is 1.61 bits per heavy atom. The molecule has 4 rings (SSSR count). The third kappa shape index (κ3) is 4.46. The van der Waals surface area contributed by atoms with E-state index in [0.29, 0.717) is 5.92 Å². The number of halogens is 2. The molecule has 150 valence electrons. The van der Waals surface area contributed by atoms with Gasteiger partial charge in [-0.1, -0.05) is 74.5 Å². The predicted octanol–water partition coefficient (Wildman–Crippen LogP) is 8.64. The van der Waals surface area contributed by atoms with E-state index in [9.17, 15) is 4.39 Å². The van der Waals surface area contributed by atoms with Crippen LogP contribution in [0.25, 0.3) is 11.1 Å². The first-order valence-electron chi connectivity index (χ1n) is 11.2. The molecule has 0 heterocycles. The Hall–Kier alpha value is -1.34. The Morgan fingerprint density at radius 1 is 0.893 bits per heavy atom. The maximum atomic E-state index is 13.8. The molecule has 0 amide bonds. The van der Waals surface area contributed by atoms with Gasteiger partial charge in [0, 0.05) is 0 Å². The first-order chi connectivity index (χ1) is 13.6. The summed E-state index contributed by atoms with van der Waals surface area (Å²) in [5, 5.41) is 0.182. The summed E-state index contributed by atoms with van der Waals surface area (Å²) >= 11 is 5.81. The van der Waals surface area contributed by atoms with Crippen molar-refractivity contribution in [2.75, 3.05) is 0 Å². The van der Waals surface area contributed by atoms with Crippen molar-refractivity contribution in [1.29, 1.82) is 0 Å². The predicted molar refractivity (Wildman–Crippen MR) is 117 cm³/mol. The Kier molecular flexibility index (Phi) is 6.41. The van der Waals surface area contributed by atoms with Crippen LogP contribution in [0.15, 0.2) is 42.5 Å². The van der Waals surface area contributed by atoms with E-state index in [1.807, 2.05) is 6.07 Å². The van der Waals surface area contributed by atoms with Gasteiger partial charge in [0.1, 0.15) is 5.82 Å². The van der Waals surface area contributed by atoms with Gasteiger partial charge in [-0.2, -0.15) is 0 Å². The van der Waals surface area contributed by atoms with Gasteiger partial charge in [-0.05, 0) is 84.6 Å². The van der Waals surface area contributed by atoms with Gasteiger partial charge in [0.15, 0.2) is 0 Å². The van der Waals surface area contributed by atoms with E-state index in [1.54, 1.807) is 6.07 Å². The van der Waals surface area contributed by atoms with Gasteiger partial charge in [-0.15, -0.1) is 0 Å². The van der Waals surface area contributed by atoms with E-state index in [4.69, 9.17) is 11.6 Å². The van der Waals surface area contributed by atoms with Crippen LogP contribution in [-0.2, 0) is 0 Å². The fraction of sp³-hybridized carbons (Fsp3) is 0.538. The van der Waals surface area contributed by atoms with Gasteiger partial charge in [0.2, 0.25) is 0 Å². The SMILES string of the molecule is CCCCC1CC[C@@H]2C[C@H](c3ccc(-c4ccc(Cl)c(F)c4)cc3)CC[C@@H]2C1. The third-order valence-electron chi connectivity index (χ3n) is 7.32. The summed E-state index contributed by atoms with van der Waals surface area (Å²) in [4.78, 5) is 0. The maximum Gasteiger partial charge on any atom is 0.142 e. The van der Waals surface area contributed by atoms with Crippen molar-refractivity contribution in [3.63, 3.8) is 0 Å². The first-order valence-corrected chi connectivity index (χ1v) is 11.6. The van der Waals surface area contributed by atoms with Crippen molar-refractivity contribution in [2.24, 2.45) is 17.8 Å². The van der Waals surface area contributed by atoms with Gasteiger partial charge in [-0.3, -0.25) is 0 Å². The second-order valence-corrected chi connectivity index (χ2v) is 9.51. The van der Waals surface area contributed by atoms with E-state index in [1.165, 1.54) is 69.4 Å². The quantitative estimate of drug-likeness (QED) is 0.472. The average Bonchev–Trinajstić information content (AvgIpc) is 2.74. The summed E-state index contributed by atoms with van der Waals surface area (Å²) < 4.78 is 13.8. The topological polar surface area (TPSA) is 0 Å². The Bertz CT molecular complexity index is 782. The van der Waals surface area contributed by atoms with Crippen LogP contribution in [0.3, 0.4) is 0 Å². The summed E-state index contributed by atoms with van der Waals surface area (Å²) in [6, 6.07) is 13.9. The second kappa shape index (κ2) is 8.99. The van der Waals surface area contributed by atoms with Crippen molar-refractivity contribution in [2.45, 2.75) is 70.6 Å². The van der Waals surface area contributed by atoms with Gasteiger partial charge in [0.25, 0.3) is 0 Å². The molecule has 0 spiro atoms. The van der Waals surface area contributed by atoms with E-state index in [-0.39, 0.29) is 10.8 Å². The van der Waals surface area contributed by atoms with Crippen molar-refractivity contribution in [3.8, 4) is 11.1 Å². The number of benzene rings is 2. The monoisotopic (exact) mass is 398 g/mol. The normalized spacial score (nSPS) is 27.4. The molecule has 2 fully saturated rings. The highest BCUT2D eigenvalue weighted by Crippen LogP contribution is 2.48. The molecule has 2 aliphatic rings. The minimum Gasteiger partial charge on any atom is -0.205 e. The van der Waals surface area contributed by atoms with Crippen LogP contribution >= 0.6 is 11.6 Å². The van der Waals surface area contributed by atoms with Crippen molar-refractivity contribution in [3.05, 3.63) is 58.9 Å². The number of hydrogen-bond acceptors (Lipinski definition) is 0. The molecule has 2 saturated carbocycles. The van der Waals surface area contributed by atoms with Crippen LogP contribution in [0, 0.1) is 23.6 Å². The minimum absolute atomic E-state index is 0.182. The number of rotatable bonds is 5. The highest BCUT2D eigenvalue weighted by Gasteiger charge is 2.35. The highest BCUT2D eigenvalue weighted by molar-refractivity contribution is 6.30. The Labute approximate surface area is 174 Å². The van der Waals surface area contributed by atoms with E-state index in [2.05, 4.69) is 31.2 Å². The van der Waals surface area contributed by atoms with E-state index < -0.39 is 0 Å².